The lowest BCUT2D eigenvalue weighted by Gasteiger charge is -2.22. The number of Topliss-reactive ketones (excluding diaryl/α,β-unsaturated/α-hetero) is 1. The Labute approximate surface area is 219 Å². The van der Waals surface area contributed by atoms with Gasteiger partial charge in [-0.3, -0.25) is 4.79 Å². The van der Waals surface area contributed by atoms with E-state index in [9.17, 15) is 9.59 Å². The fourth-order valence-electron chi connectivity index (χ4n) is 4.73. The van der Waals surface area contributed by atoms with Gasteiger partial charge in [0, 0.05) is 5.56 Å². The second-order valence-electron chi connectivity index (χ2n) is 9.11. The molecule has 0 saturated heterocycles. The Kier molecular flexibility index (Phi) is 6.33. The standard InChI is InChI=1S/C30H22Cl2O4/c1-30(23-8-3-2-4-9-23)16-22-15-24(26(31)27(32)25(22)28(30)33)36-17-18-6-5-7-21(14-18)19-10-12-20(13-11-19)29(34)35/h2-15H,16-17H2,1H3,(H,34,35). The molecule has 1 aliphatic rings. The molecule has 4 aromatic carbocycles. The zero-order valence-electron chi connectivity index (χ0n) is 19.4. The molecular weight excluding hydrogens is 495 g/mol. The Hall–Kier alpha value is -3.60. The van der Waals surface area contributed by atoms with Crippen molar-refractivity contribution in [2.45, 2.75) is 25.4 Å². The van der Waals surface area contributed by atoms with E-state index in [1.807, 2.05) is 67.6 Å². The van der Waals surface area contributed by atoms with Gasteiger partial charge in [0.2, 0.25) is 0 Å². The lowest BCUT2D eigenvalue weighted by atomic mass is 9.79. The zero-order valence-corrected chi connectivity index (χ0v) is 20.9. The third-order valence-electron chi connectivity index (χ3n) is 6.72. The quantitative estimate of drug-likeness (QED) is 0.286. The molecule has 0 aliphatic heterocycles. The lowest BCUT2D eigenvalue weighted by Crippen LogP contribution is -2.29. The molecular formula is C30H22Cl2O4. The number of carboxylic acids is 1. The van der Waals surface area contributed by atoms with Crippen molar-refractivity contribution in [3.8, 4) is 16.9 Å². The van der Waals surface area contributed by atoms with Crippen molar-refractivity contribution in [3.63, 3.8) is 0 Å². The van der Waals surface area contributed by atoms with Crippen LogP contribution in [0.3, 0.4) is 0 Å². The minimum atomic E-state index is -0.959. The summed E-state index contributed by atoms with van der Waals surface area (Å²) in [5.41, 5.74) is 4.51. The summed E-state index contributed by atoms with van der Waals surface area (Å²) in [6, 6.07) is 26.0. The van der Waals surface area contributed by atoms with Crippen molar-refractivity contribution in [2.24, 2.45) is 0 Å². The van der Waals surface area contributed by atoms with Crippen LogP contribution in [-0.4, -0.2) is 16.9 Å². The van der Waals surface area contributed by atoms with E-state index in [0.717, 1.165) is 27.8 Å². The Bertz CT molecular complexity index is 1480. The minimum Gasteiger partial charge on any atom is -0.487 e. The molecule has 5 rings (SSSR count). The van der Waals surface area contributed by atoms with Crippen LogP contribution < -0.4 is 4.74 Å². The van der Waals surface area contributed by atoms with Crippen LogP contribution in [0.15, 0.2) is 84.9 Å². The highest BCUT2D eigenvalue weighted by Crippen LogP contribution is 2.47. The van der Waals surface area contributed by atoms with Crippen LogP contribution in [0.25, 0.3) is 11.1 Å². The summed E-state index contributed by atoms with van der Waals surface area (Å²) in [4.78, 5) is 24.5. The predicted molar refractivity (Wildman–Crippen MR) is 141 cm³/mol. The van der Waals surface area contributed by atoms with E-state index in [2.05, 4.69) is 0 Å². The molecule has 0 radical (unpaired) electrons. The molecule has 1 N–H and O–H groups in total. The van der Waals surface area contributed by atoms with E-state index in [1.54, 1.807) is 24.3 Å². The maximum Gasteiger partial charge on any atom is 0.335 e. The van der Waals surface area contributed by atoms with Crippen LogP contribution in [0.2, 0.25) is 10.0 Å². The maximum atomic E-state index is 13.4. The van der Waals surface area contributed by atoms with Gasteiger partial charge in [-0.1, -0.05) is 83.9 Å². The monoisotopic (exact) mass is 516 g/mol. The Morgan fingerprint density at radius 2 is 1.64 bits per heavy atom. The van der Waals surface area contributed by atoms with E-state index in [4.69, 9.17) is 33.0 Å². The number of benzene rings is 4. The first-order valence-electron chi connectivity index (χ1n) is 11.4. The van der Waals surface area contributed by atoms with E-state index in [-0.39, 0.29) is 28.0 Å². The van der Waals surface area contributed by atoms with Crippen molar-refractivity contribution in [1.82, 2.24) is 0 Å². The number of ether oxygens (including phenoxy) is 1. The molecule has 4 aromatic rings. The fraction of sp³-hybridized carbons (Fsp3) is 0.133. The number of halogens is 2. The predicted octanol–water partition coefficient (Wildman–Crippen LogP) is 7.63. The fourth-order valence-corrected chi connectivity index (χ4v) is 5.23. The highest BCUT2D eigenvalue weighted by Gasteiger charge is 2.45. The molecule has 1 atom stereocenters. The van der Waals surface area contributed by atoms with Crippen molar-refractivity contribution in [1.29, 1.82) is 0 Å². The van der Waals surface area contributed by atoms with Crippen LogP contribution in [0.4, 0.5) is 0 Å². The lowest BCUT2D eigenvalue weighted by molar-refractivity contribution is 0.0696. The number of aromatic carboxylic acids is 1. The minimum absolute atomic E-state index is 0.0382. The summed E-state index contributed by atoms with van der Waals surface area (Å²) < 4.78 is 6.07. The summed E-state index contributed by atoms with van der Waals surface area (Å²) in [5.74, 6) is -0.565. The molecule has 0 spiro atoms. The molecule has 0 aromatic heterocycles. The van der Waals surface area contributed by atoms with E-state index < -0.39 is 11.4 Å². The van der Waals surface area contributed by atoms with E-state index in [1.165, 1.54) is 0 Å². The summed E-state index contributed by atoms with van der Waals surface area (Å²) >= 11 is 13.2. The molecule has 0 saturated carbocycles. The number of rotatable bonds is 6. The first kappa shape index (κ1) is 24.1. The van der Waals surface area contributed by atoms with Gasteiger partial charge in [0.1, 0.15) is 17.4 Å². The molecule has 180 valence electrons. The summed E-state index contributed by atoms with van der Waals surface area (Å²) in [5, 5.41) is 9.56. The van der Waals surface area contributed by atoms with Gasteiger partial charge in [-0.05, 0) is 65.4 Å². The summed E-state index contributed by atoms with van der Waals surface area (Å²) in [6.45, 7) is 2.18. The number of fused-ring (bicyclic) bond motifs is 1. The van der Waals surface area contributed by atoms with E-state index >= 15 is 0 Å². The van der Waals surface area contributed by atoms with Crippen LogP contribution in [0.5, 0.6) is 5.75 Å². The molecule has 0 heterocycles. The van der Waals surface area contributed by atoms with Crippen molar-refractivity contribution in [2.75, 3.05) is 0 Å². The molecule has 0 bridgehead atoms. The average molecular weight is 517 g/mol. The number of hydrogen-bond donors (Lipinski definition) is 1. The topological polar surface area (TPSA) is 63.6 Å². The SMILES string of the molecule is CC1(c2ccccc2)Cc2cc(OCc3cccc(-c4ccc(C(=O)O)cc4)c3)c(Cl)c(Cl)c2C1=O. The third kappa shape index (κ3) is 4.27. The molecule has 36 heavy (non-hydrogen) atoms. The maximum absolute atomic E-state index is 13.4. The summed E-state index contributed by atoms with van der Waals surface area (Å²) in [6.07, 6.45) is 0.514. The molecule has 0 fully saturated rings. The van der Waals surface area contributed by atoms with Crippen molar-refractivity contribution < 1.29 is 19.4 Å². The highest BCUT2D eigenvalue weighted by atomic mass is 35.5. The van der Waals surface area contributed by atoms with Gasteiger partial charge in [0.25, 0.3) is 0 Å². The van der Waals surface area contributed by atoms with Crippen LogP contribution in [0, 0.1) is 0 Å². The van der Waals surface area contributed by atoms with Crippen LogP contribution in [-0.2, 0) is 18.4 Å². The molecule has 4 nitrogen and oxygen atoms in total. The molecule has 0 amide bonds. The van der Waals surface area contributed by atoms with Gasteiger partial charge >= 0.3 is 5.97 Å². The Balaban J connectivity index is 1.39. The van der Waals surface area contributed by atoms with Crippen molar-refractivity contribution in [3.05, 3.63) is 123 Å². The number of hydrogen-bond acceptors (Lipinski definition) is 3. The molecule has 1 aliphatic carbocycles. The van der Waals surface area contributed by atoms with Gasteiger partial charge in [-0.25, -0.2) is 4.79 Å². The summed E-state index contributed by atoms with van der Waals surface area (Å²) in [7, 11) is 0. The number of carbonyl (C=O) groups excluding carboxylic acids is 1. The smallest absolute Gasteiger partial charge is 0.335 e. The number of ketones is 1. The Morgan fingerprint density at radius 3 is 2.33 bits per heavy atom. The average Bonchev–Trinajstić information content (AvgIpc) is 3.16. The second kappa shape index (κ2) is 9.45. The molecule has 6 heteroatoms. The largest absolute Gasteiger partial charge is 0.487 e. The first-order valence-corrected chi connectivity index (χ1v) is 12.2. The number of carboxylic acid groups (broad SMARTS) is 1. The second-order valence-corrected chi connectivity index (χ2v) is 9.87. The highest BCUT2D eigenvalue weighted by molar-refractivity contribution is 6.45. The van der Waals surface area contributed by atoms with E-state index in [0.29, 0.717) is 17.7 Å². The van der Waals surface area contributed by atoms with Gasteiger partial charge in [-0.15, -0.1) is 0 Å². The van der Waals surface area contributed by atoms with Crippen molar-refractivity contribution >= 4 is 35.0 Å². The Morgan fingerprint density at radius 1 is 0.917 bits per heavy atom. The van der Waals surface area contributed by atoms with Gasteiger partial charge in [0.15, 0.2) is 5.78 Å². The molecule has 1 unspecified atom stereocenters. The normalized spacial score (nSPS) is 16.6. The first-order chi connectivity index (χ1) is 17.3. The van der Waals surface area contributed by atoms with Gasteiger partial charge < -0.3 is 9.84 Å². The number of carbonyl (C=O) groups is 2. The van der Waals surface area contributed by atoms with Crippen LogP contribution >= 0.6 is 23.2 Å². The zero-order chi connectivity index (χ0) is 25.4. The van der Waals surface area contributed by atoms with Gasteiger partial charge in [0.05, 0.1) is 16.0 Å². The van der Waals surface area contributed by atoms with Gasteiger partial charge in [-0.2, -0.15) is 0 Å². The third-order valence-corrected chi connectivity index (χ3v) is 7.57. The van der Waals surface area contributed by atoms with Crippen LogP contribution in [0.1, 0.15) is 44.3 Å².